The molecule has 0 aliphatic rings. The predicted molar refractivity (Wildman–Crippen MR) is 77.9 cm³/mol. The van der Waals surface area contributed by atoms with Crippen LogP contribution in [-0.4, -0.2) is 24.1 Å². The first-order chi connectivity index (χ1) is 8.65. The molecule has 0 unspecified atom stereocenters. The lowest BCUT2D eigenvalue weighted by atomic mass is 10.0. The summed E-state index contributed by atoms with van der Waals surface area (Å²) >= 11 is 3.21. The molecule has 4 nitrogen and oxygen atoms in total. The minimum Gasteiger partial charge on any atom is -0.465 e. The molecule has 1 atom stereocenters. The summed E-state index contributed by atoms with van der Waals surface area (Å²) in [5.41, 5.74) is -0.555. The fraction of sp³-hybridized carbons (Fsp3) is 0.714. The zero-order chi connectivity index (χ0) is 15.1. The van der Waals surface area contributed by atoms with Gasteiger partial charge in [-0.05, 0) is 38.1 Å². The Bertz CT molecular complexity index is 331. The van der Waals surface area contributed by atoms with Crippen molar-refractivity contribution in [2.24, 2.45) is 5.92 Å². The van der Waals surface area contributed by atoms with Crippen LogP contribution in [0.1, 0.15) is 47.0 Å². The second kappa shape index (κ2) is 8.35. The van der Waals surface area contributed by atoms with Crippen LogP contribution < -0.4 is 0 Å². The van der Waals surface area contributed by atoms with Crippen LogP contribution in [0, 0.1) is 5.92 Å². The minimum absolute atomic E-state index is 0.00440. The molecule has 0 saturated heterocycles. The largest absolute Gasteiger partial charge is 0.465 e. The van der Waals surface area contributed by atoms with E-state index in [0.29, 0.717) is 17.5 Å². The molecule has 0 N–H and O–H groups in total. The standard InChI is InChI=1S/C14H23BrO4/c1-6-7-18-13(17)11(8-10(2)15)9-12(16)19-14(3,4)5/h11H,2,6-9H2,1,3-5H3/t11-/m0/s1. The lowest BCUT2D eigenvalue weighted by Gasteiger charge is -2.21. The lowest BCUT2D eigenvalue weighted by Crippen LogP contribution is -2.28. The van der Waals surface area contributed by atoms with Crippen molar-refractivity contribution < 1.29 is 19.1 Å². The lowest BCUT2D eigenvalue weighted by molar-refractivity contribution is -0.161. The van der Waals surface area contributed by atoms with Crippen molar-refractivity contribution in [3.05, 3.63) is 11.1 Å². The first-order valence-electron chi connectivity index (χ1n) is 6.37. The molecule has 0 radical (unpaired) electrons. The zero-order valence-corrected chi connectivity index (χ0v) is 13.7. The molecule has 0 spiro atoms. The number of ether oxygens (including phenoxy) is 2. The summed E-state index contributed by atoms with van der Waals surface area (Å²) in [5.74, 6) is -1.33. The highest BCUT2D eigenvalue weighted by atomic mass is 79.9. The van der Waals surface area contributed by atoms with E-state index < -0.39 is 17.5 Å². The average molecular weight is 335 g/mol. The maximum absolute atomic E-state index is 11.8. The Morgan fingerprint density at radius 1 is 1.26 bits per heavy atom. The summed E-state index contributed by atoms with van der Waals surface area (Å²) in [4.78, 5) is 23.6. The molecule has 0 aliphatic carbocycles. The molecule has 0 aromatic rings. The molecule has 110 valence electrons. The highest BCUT2D eigenvalue weighted by Crippen LogP contribution is 2.22. The van der Waals surface area contributed by atoms with Gasteiger partial charge in [0, 0.05) is 0 Å². The number of rotatable bonds is 7. The maximum atomic E-state index is 11.8. The summed E-state index contributed by atoms with van der Waals surface area (Å²) in [6.07, 6.45) is 1.12. The summed E-state index contributed by atoms with van der Waals surface area (Å²) < 4.78 is 11.0. The van der Waals surface area contributed by atoms with Crippen molar-refractivity contribution in [3.63, 3.8) is 0 Å². The van der Waals surface area contributed by atoms with E-state index in [0.717, 1.165) is 6.42 Å². The summed E-state index contributed by atoms with van der Waals surface area (Å²) in [7, 11) is 0. The van der Waals surface area contributed by atoms with E-state index in [-0.39, 0.29) is 12.4 Å². The third-order valence-electron chi connectivity index (χ3n) is 2.08. The van der Waals surface area contributed by atoms with Crippen LogP contribution in [0.2, 0.25) is 0 Å². The molecule has 0 heterocycles. The third kappa shape index (κ3) is 9.70. The van der Waals surface area contributed by atoms with Gasteiger partial charge in [0.1, 0.15) is 5.60 Å². The topological polar surface area (TPSA) is 52.6 Å². The van der Waals surface area contributed by atoms with Gasteiger partial charge in [0.15, 0.2) is 0 Å². The van der Waals surface area contributed by atoms with Crippen molar-refractivity contribution in [2.45, 2.75) is 52.6 Å². The van der Waals surface area contributed by atoms with Gasteiger partial charge in [-0.25, -0.2) is 0 Å². The second-order valence-electron chi connectivity index (χ2n) is 5.38. The van der Waals surface area contributed by atoms with Crippen molar-refractivity contribution in [1.82, 2.24) is 0 Å². The van der Waals surface area contributed by atoms with Gasteiger partial charge in [0.05, 0.1) is 18.9 Å². The first-order valence-corrected chi connectivity index (χ1v) is 7.16. The molecule has 0 aromatic heterocycles. The third-order valence-corrected chi connectivity index (χ3v) is 2.41. The molecule has 0 rings (SSSR count). The Labute approximate surface area is 123 Å². The number of esters is 2. The quantitative estimate of drug-likeness (QED) is 0.667. The smallest absolute Gasteiger partial charge is 0.309 e. The molecule has 0 aromatic carbocycles. The number of carbonyl (C=O) groups is 2. The van der Waals surface area contributed by atoms with Crippen LogP contribution in [0.4, 0.5) is 0 Å². The van der Waals surface area contributed by atoms with E-state index in [1.54, 1.807) is 20.8 Å². The van der Waals surface area contributed by atoms with Gasteiger partial charge in [-0.3, -0.25) is 9.59 Å². The Morgan fingerprint density at radius 2 is 1.84 bits per heavy atom. The molecule has 0 saturated carbocycles. The number of allylic oxidation sites excluding steroid dienone is 1. The van der Waals surface area contributed by atoms with Crippen molar-refractivity contribution in [3.8, 4) is 0 Å². The van der Waals surface area contributed by atoms with Crippen LogP contribution in [0.25, 0.3) is 0 Å². The fourth-order valence-electron chi connectivity index (χ4n) is 1.41. The highest BCUT2D eigenvalue weighted by Gasteiger charge is 2.26. The second-order valence-corrected chi connectivity index (χ2v) is 6.50. The van der Waals surface area contributed by atoms with Gasteiger partial charge in [-0.2, -0.15) is 0 Å². The molecule has 0 bridgehead atoms. The molecular weight excluding hydrogens is 312 g/mol. The number of hydrogen-bond donors (Lipinski definition) is 0. The van der Waals surface area contributed by atoms with Crippen molar-refractivity contribution >= 4 is 27.9 Å². The van der Waals surface area contributed by atoms with Gasteiger partial charge >= 0.3 is 11.9 Å². The van der Waals surface area contributed by atoms with Gasteiger partial charge in [0.25, 0.3) is 0 Å². The Balaban J connectivity index is 4.54. The van der Waals surface area contributed by atoms with E-state index >= 15 is 0 Å². The molecule has 0 aliphatic heterocycles. The average Bonchev–Trinajstić information content (AvgIpc) is 2.21. The summed E-state index contributed by atoms with van der Waals surface area (Å²) in [6, 6.07) is 0. The molecular formula is C14H23BrO4. The molecule has 5 heteroatoms. The van der Waals surface area contributed by atoms with E-state index in [9.17, 15) is 9.59 Å². The van der Waals surface area contributed by atoms with E-state index in [2.05, 4.69) is 22.5 Å². The van der Waals surface area contributed by atoms with Crippen LogP contribution in [0.15, 0.2) is 11.1 Å². The Morgan fingerprint density at radius 3 is 2.26 bits per heavy atom. The first kappa shape index (κ1) is 18.2. The van der Waals surface area contributed by atoms with Crippen molar-refractivity contribution in [1.29, 1.82) is 0 Å². The van der Waals surface area contributed by atoms with Gasteiger partial charge in [-0.15, -0.1) is 0 Å². The highest BCUT2D eigenvalue weighted by molar-refractivity contribution is 9.11. The summed E-state index contributed by atoms with van der Waals surface area (Å²) in [6.45, 7) is 11.3. The summed E-state index contributed by atoms with van der Waals surface area (Å²) in [5, 5.41) is 0. The Hall–Kier alpha value is -0.840. The van der Waals surface area contributed by atoms with Gasteiger partial charge in [-0.1, -0.05) is 29.4 Å². The van der Waals surface area contributed by atoms with E-state index in [4.69, 9.17) is 9.47 Å². The molecule has 19 heavy (non-hydrogen) atoms. The van der Waals surface area contributed by atoms with Gasteiger partial charge in [0.2, 0.25) is 0 Å². The van der Waals surface area contributed by atoms with Crippen LogP contribution in [0.3, 0.4) is 0 Å². The minimum atomic E-state index is -0.555. The fourth-order valence-corrected chi connectivity index (χ4v) is 1.80. The number of halogens is 1. The number of hydrogen-bond acceptors (Lipinski definition) is 4. The number of carbonyl (C=O) groups excluding carboxylic acids is 2. The SMILES string of the molecule is C=C(Br)C[C@@H](CC(=O)OC(C)(C)C)C(=O)OCCC. The van der Waals surface area contributed by atoms with Crippen LogP contribution >= 0.6 is 15.9 Å². The normalized spacial score (nSPS) is 12.7. The zero-order valence-electron chi connectivity index (χ0n) is 12.1. The molecule has 0 fully saturated rings. The van der Waals surface area contributed by atoms with E-state index in [1.807, 2.05) is 6.92 Å². The monoisotopic (exact) mass is 334 g/mol. The van der Waals surface area contributed by atoms with Crippen LogP contribution in [0.5, 0.6) is 0 Å². The van der Waals surface area contributed by atoms with Crippen molar-refractivity contribution in [2.75, 3.05) is 6.61 Å². The van der Waals surface area contributed by atoms with E-state index in [1.165, 1.54) is 0 Å². The molecule has 0 amide bonds. The van der Waals surface area contributed by atoms with Gasteiger partial charge < -0.3 is 9.47 Å². The predicted octanol–water partition coefficient (Wildman–Crippen LogP) is 3.59. The maximum Gasteiger partial charge on any atom is 0.309 e. The Kier molecular flexibility index (Phi) is 7.99. The van der Waals surface area contributed by atoms with Crippen LogP contribution in [-0.2, 0) is 19.1 Å².